The van der Waals surface area contributed by atoms with Crippen molar-refractivity contribution >= 4 is 5.97 Å². The van der Waals surface area contributed by atoms with Crippen LogP contribution in [-0.4, -0.2) is 51.9 Å². The number of aliphatic hydroxyl groups is 1. The van der Waals surface area contributed by atoms with E-state index in [2.05, 4.69) is 4.90 Å². The highest BCUT2D eigenvalue weighted by Crippen LogP contribution is 2.28. The number of carboxylic acids is 1. The summed E-state index contributed by atoms with van der Waals surface area (Å²) >= 11 is 0. The molecule has 1 aliphatic carbocycles. The molecule has 5 heteroatoms. The highest BCUT2D eigenvalue weighted by molar-refractivity contribution is 5.79. The molecule has 0 amide bonds. The van der Waals surface area contributed by atoms with Gasteiger partial charge in [0.1, 0.15) is 5.54 Å². The summed E-state index contributed by atoms with van der Waals surface area (Å²) in [6, 6.07) is 0.0993. The molecule has 1 saturated heterocycles. The van der Waals surface area contributed by atoms with Gasteiger partial charge in [0, 0.05) is 19.1 Å². The average Bonchev–Trinajstić information content (AvgIpc) is 2.54. The van der Waals surface area contributed by atoms with Gasteiger partial charge in [-0.15, -0.1) is 0 Å². The van der Waals surface area contributed by atoms with Crippen molar-refractivity contribution < 1.29 is 15.0 Å². The van der Waals surface area contributed by atoms with Crippen LogP contribution in [0, 0.1) is 0 Å². The lowest BCUT2D eigenvalue weighted by atomic mass is 10.0. The van der Waals surface area contributed by atoms with Crippen LogP contribution in [0.4, 0.5) is 0 Å². The summed E-state index contributed by atoms with van der Waals surface area (Å²) in [6.07, 6.45) is 5.28. The Morgan fingerprint density at radius 3 is 2.65 bits per heavy atom. The van der Waals surface area contributed by atoms with Crippen molar-refractivity contribution in [2.24, 2.45) is 5.73 Å². The minimum Gasteiger partial charge on any atom is -0.480 e. The first-order valence-electron chi connectivity index (χ1n) is 6.47. The van der Waals surface area contributed by atoms with Gasteiger partial charge in [-0.3, -0.25) is 9.69 Å². The minimum atomic E-state index is -1.12. The summed E-state index contributed by atoms with van der Waals surface area (Å²) in [5, 5.41) is 19.2. The molecule has 1 heterocycles. The summed E-state index contributed by atoms with van der Waals surface area (Å²) in [5.41, 5.74) is 4.74. The Morgan fingerprint density at radius 1 is 1.29 bits per heavy atom. The smallest absolute Gasteiger partial charge is 0.325 e. The van der Waals surface area contributed by atoms with Crippen LogP contribution in [0.3, 0.4) is 0 Å². The van der Waals surface area contributed by atoms with Gasteiger partial charge in [0.25, 0.3) is 0 Å². The first-order chi connectivity index (χ1) is 8.03. The molecule has 5 nitrogen and oxygen atoms in total. The summed E-state index contributed by atoms with van der Waals surface area (Å²) in [6.45, 7) is 1.05. The zero-order chi connectivity index (χ0) is 12.5. The van der Waals surface area contributed by atoms with Crippen molar-refractivity contribution in [2.75, 3.05) is 13.1 Å². The monoisotopic (exact) mass is 242 g/mol. The molecule has 0 spiro atoms. The van der Waals surface area contributed by atoms with Gasteiger partial charge < -0.3 is 15.9 Å². The normalized spacial score (nSPS) is 40.1. The van der Waals surface area contributed by atoms with Crippen LogP contribution in [0.15, 0.2) is 0 Å². The SMILES string of the molecule is NC1(C(=O)O)CCN(C2CCCCCC2O)C1. The Balaban J connectivity index is 2.01. The number of hydrogen-bond donors (Lipinski definition) is 3. The number of aliphatic carboxylic acids is 1. The fraction of sp³-hybridized carbons (Fsp3) is 0.917. The van der Waals surface area contributed by atoms with Crippen molar-refractivity contribution in [1.82, 2.24) is 4.90 Å². The van der Waals surface area contributed by atoms with E-state index < -0.39 is 11.5 Å². The Kier molecular flexibility index (Phi) is 3.70. The minimum absolute atomic E-state index is 0.0993. The average molecular weight is 242 g/mol. The molecule has 4 N–H and O–H groups in total. The highest BCUT2D eigenvalue weighted by atomic mass is 16.4. The second-order valence-electron chi connectivity index (χ2n) is 5.45. The van der Waals surface area contributed by atoms with Gasteiger partial charge in [0.15, 0.2) is 0 Å². The number of carboxylic acid groups (broad SMARTS) is 1. The second kappa shape index (κ2) is 4.92. The van der Waals surface area contributed by atoms with E-state index in [1.807, 2.05) is 0 Å². The molecule has 0 aromatic rings. The van der Waals surface area contributed by atoms with Gasteiger partial charge in [-0.05, 0) is 19.3 Å². The van der Waals surface area contributed by atoms with Crippen LogP contribution in [0.1, 0.15) is 38.5 Å². The lowest BCUT2D eigenvalue weighted by molar-refractivity contribution is -0.143. The van der Waals surface area contributed by atoms with Crippen LogP contribution in [0.5, 0.6) is 0 Å². The predicted molar refractivity (Wildman–Crippen MR) is 63.6 cm³/mol. The molecular weight excluding hydrogens is 220 g/mol. The van der Waals surface area contributed by atoms with Crippen molar-refractivity contribution in [1.29, 1.82) is 0 Å². The molecule has 2 fully saturated rings. The molecule has 0 radical (unpaired) electrons. The van der Waals surface area contributed by atoms with Crippen LogP contribution < -0.4 is 5.73 Å². The van der Waals surface area contributed by atoms with Crippen molar-refractivity contribution in [2.45, 2.75) is 56.2 Å². The molecule has 3 atom stereocenters. The van der Waals surface area contributed by atoms with E-state index in [-0.39, 0.29) is 12.1 Å². The number of aliphatic hydroxyl groups excluding tert-OH is 1. The number of nitrogens with zero attached hydrogens (tertiary/aromatic N) is 1. The maximum atomic E-state index is 11.1. The molecule has 0 bridgehead atoms. The van der Waals surface area contributed by atoms with E-state index in [0.717, 1.165) is 32.1 Å². The number of carbonyl (C=O) groups is 1. The molecule has 3 unspecified atom stereocenters. The third-order valence-corrected chi connectivity index (χ3v) is 4.17. The Labute approximate surface area is 102 Å². The molecule has 2 aliphatic rings. The van der Waals surface area contributed by atoms with E-state index in [1.165, 1.54) is 0 Å². The maximum absolute atomic E-state index is 11.1. The third-order valence-electron chi connectivity index (χ3n) is 4.17. The predicted octanol–water partition coefficient (Wildman–Crippen LogP) is 0.168. The van der Waals surface area contributed by atoms with Gasteiger partial charge in [-0.1, -0.05) is 19.3 Å². The number of nitrogens with two attached hydrogens (primary N) is 1. The van der Waals surface area contributed by atoms with Crippen LogP contribution in [-0.2, 0) is 4.79 Å². The van der Waals surface area contributed by atoms with Gasteiger partial charge in [-0.2, -0.15) is 0 Å². The Hall–Kier alpha value is -0.650. The van der Waals surface area contributed by atoms with Crippen molar-refractivity contribution in [3.8, 4) is 0 Å². The quantitative estimate of drug-likeness (QED) is 0.601. The molecule has 1 aliphatic heterocycles. The second-order valence-corrected chi connectivity index (χ2v) is 5.45. The third kappa shape index (κ3) is 2.61. The van der Waals surface area contributed by atoms with Crippen LogP contribution in [0.2, 0.25) is 0 Å². The van der Waals surface area contributed by atoms with Gasteiger partial charge in [-0.25, -0.2) is 0 Å². The lowest BCUT2D eigenvalue weighted by Gasteiger charge is -2.31. The fourth-order valence-corrected chi connectivity index (χ4v) is 3.02. The molecule has 1 saturated carbocycles. The molecule has 2 rings (SSSR count). The molecule has 98 valence electrons. The Bertz CT molecular complexity index is 297. The van der Waals surface area contributed by atoms with Gasteiger partial charge in [0.2, 0.25) is 0 Å². The molecular formula is C12H22N2O3. The van der Waals surface area contributed by atoms with Crippen molar-refractivity contribution in [3.63, 3.8) is 0 Å². The summed E-state index contributed by atoms with van der Waals surface area (Å²) < 4.78 is 0. The number of likely N-dealkylation sites (tertiary alicyclic amines) is 1. The van der Waals surface area contributed by atoms with E-state index in [1.54, 1.807) is 0 Å². The van der Waals surface area contributed by atoms with E-state index >= 15 is 0 Å². The topological polar surface area (TPSA) is 86.8 Å². The molecule has 0 aromatic carbocycles. The van der Waals surface area contributed by atoms with E-state index in [9.17, 15) is 9.90 Å². The maximum Gasteiger partial charge on any atom is 0.325 e. The largest absolute Gasteiger partial charge is 0.480 e. The van der Waals surface area contributed by atoms with Crippen LogP contribution >= 0.6 is 0 Å². The van der Waals surface area contributed by atoms with Crippen molar-refractivity contribution in [3.05, 3.63) is 0 Å². The fourth-order valence-electron chi connectivity index (χ4n) is 3.02. The standard InChI is InChI=1S/C12H22N2O3/c13-12(11(16)17)6-7-14(8-12)9-4-2-1-3-5-10(9)15/h9-10,15H,1-8,13H2,(H,16,17). The van der Waals surface area contributed by atoms with E-state index in [4.69, 9.17) is 10.8 Å². The summed E-state index contributed by atoms with van der Waals surface area (Å²) in [5.74, 6) is -0.928. The number of hydrogen-bond acceptors (Lipinski definition) is 4. The van der Waals surface area contributed by atoms with Gasteiger partial charge >= 0.3 is 5.97 Å². The zero-order valence-electron chi connectivity index (χ0n) is 10.1. The van der Waals surface area contributed by atoms with E-state index in [0.29, 0.717) is 19.5 Å². The van der Waals surface area contributed by atoms with Gasteiger partial charge in [0.05, 0.1) is 6.10 Å². The first-order valence-corrected chi connectivity index (χ1v) is 6.47. The number of rotatable bonds is 2. The highest BCUT2D eigenvalue weighted by Gasteiger charge is 2.44. The first kappa shape index (κ1) is 12.8. The summed E-state index contributed by atoms with van der Waals surface area (Å²) in [4.78, 5) is 13.2. The Morgan fingerprint density at radius 2 is 2.00 bits per heavy atom. The summed E-state index contributed by atoms with van der Waals surface area (Å²) in [7, 11) is 0. The zero-order valence-corrected chi connectivity index (χ0v) is 10.1. The van der Waals surface area contributed by atoms with Crippen LogP contribution in [0.25, 0.3) is 0 Å². The lowest BCUT2D eigenvalue weighted by Crippen LogP contribution is -2.52. The molecule has 0 aromatic heterocycles. The molecule has 17 heavy (non-hydrogen) atoms.